The number of hydrogen-bond acceptors (Lipinski definition) is 4. The van der Waals surface area contributed by atoms with Crippen LogP contribution in [0.15, 0.2) is 36.4 Å². The number of amides is 1. The summed E-state index contributed by atoms with van der Waals surface area (Å²) in [5.74, 6) is 0.00533. The molecule has 174 valence electrons. The molecule has 0 spiro atoms. The molecule has 1 amide bonds. The molecule has 6 heteroatoms. The summed E-state index contributed by atoms with van der Waals surface area (Å²) in [7, 11) is 1.54. The molecule has 0 aromatic heterocycles. The lowest BCUT2D eigenvalue weighted by atomic mass is 9.52. The second-order valence-corrected chi connectivity index (χ2v) is 10.3. The van der Waals surface area contributed by atoms with Gasteiger partial charge >= 0.3 is 0 Å². The molecule has 2 atom stereocenters. The van der Waals surface area contributed by atoms with Gasteiger partial charge in [0.1, 0.15) is 5.82 Å². The molecule has 0 saturated heterocycles. The van der Waals surface area contributed by atoms with E-state index < -0.39 is 17.2 Å². The second kappa shape index (κ2) is 8.33. The molecular weight excluding hydrogens is 421 g/mol. The van der Waals surface area contributed by atoms with Crippen LogP contribution < -0.4 is 5.32 Å². The number of carbonyl (C=O) groups is 2. The monoisotopic (exact) mass is 451 g/mol. The van der Waals surface area contributed by atoms with Crippen LogP contribution in [0.5, 0.6) is 0 Å². The third-order valence-corrected chi connectivity index (χ3v) is 7.82. The minimum Gasteiger partial charge on any atom is -0.390 e. The standard InChI is InChI=1S/C27H30FNO4/c1-15-3-6-23(28)22(7-15)25(30)17-4-5-21(20(10-17)14-33-2)26(31)29-24-18-8-16-9-19(24)13-27(32,11-16)12-18/h3-7,10,16,18-19,24,32H,8-9,11-14H2,1-2H3,(H,29,31). The van der Waals surface area contributed by atoms with E-state index in [1.807, 2.05) is 6.92 Å². The highest BCUT2D eigenvalue weighted by molar-refractivity contribution is 6.10. The highest BCUT2D eigenvalue weighted by Crippen LogP contribution is 2.55. The van der Waals surface area contributed by atoms with E-state index >= 15 is 0 Å². The third kappa shape index (κ3) is 4.11. The van der Waals surface area contributed by atoms with Crippen molar-refractivity contribution in [3.05, 3.63) is 70.0 Å². The van der Waals surface area contributed by atoms with Gasteiger partial charge in [-0.1, -0.05) is 17.7 Å². The molecule has 6 rings (SSSR count). The van der Waals surface area contributed by atoms with Gasteiger partial charge in [0.2, 0.25) is 0 Å². The van der Waals surface area contributed by atoms with Crippen LogP contribution in [-0.4, -0.2) is 35.5 Å². The number of aliphatic hydroxyl groups is 1. The van der Waals surface area contributed by atoms with E-state index in [2.05, 4.69) is 5.32 Å². The van der Waals surface area contributed by atoms with Crippen molar-refractivity contribution < 1.29 is 23.8 Å². The molecule has 2 N–H and O–H groups in total. The van der Waals surface area contributed by atoms with Crippen LogP contribution in [0.1, 0.15) is 69.5 Å². The van der Waals surface area contributed by atoms with Crippen LogP contribution in [-0.2, 0) is 11.3 Å². The van der Waals surface area contributed by atoms with Crippen LogP contribution in [0.2, 0.25) is 0 Å². The predicted octanol–water partition coefficient (Wildman–Crippen LogP) is 4.18. The Kier molecular flexibility index (Phi) is 5.61. The number of carbonyl (C=O) groups excluding carboxylic acids is 2. The lowest BCUT2D eigenvalue weighted by molar-refractivity contribution is -0.136. The highest BCUT2D eigenvalue weighted by Gasteiger charge is 2.55. The van der Waals surface area contributed by atoms with Gasteiger partial charge in [0.15, 0.2) is 5.78 Å². The fourth-order valence-corrected chi connectivity index (χ4v) is 6.65. The second-order valence-electron chi connectivity index (χ2n) is 10.3. The van der Waals surface area contributed by atoms with E-state index in [1.54, 1.807) is 24.3 Å². The summed E-state index contributed by atoms with van der Waals surface area (Å²) in [5.41, 5.74) is 1.64. The van der Waals surface area contributed by atoms with Gasteiger partial charge in [0.05, 0.1) is 17.8 Å². The lowest BCUT2D eigenvalue weighted by Crippen LogP contribution is -2.61. The van der Waals surface area contributed by atoms with E-state index in [9.17, 15) is 19.1 Å². The molecule has 33 heavy (non-hydrogen) atoms. The Balaban J connectivity index is 1.39. The van der Waals surface area contributed by atoms with Crippen molar-refractivity contribution in [2.75, 3.05) is 7.11 Å². The van der Waals surface area contributed by atoms with Gasteiger partial charge in [0, 0.05) is 24.3 Å². The van der Waals surface area contributed by atoms with Crippen molar-refractivity contribution in [2.45, 2.75) is 57.3 Å². The molecule has 4 bridgehead atoms. The van der Waals surface area contributed by atoms with E-state index in [1.165, 1.54) is 19.2 Å². The number of benzene rings is 2. The molecule has 0 aliphatic heterocycles. The summed E-state index contributed by atoms with van der Waals surface area (Å²) in [6.45, 7) is 1.97. The SMILES string of the molecule is COCc1cc(C(=O)c2cc(C)ccc2F)ccc1C(=O)NC1C2CC3CC1CC(O)(C3)C2. The van der Waals surface area contributed by atoms with Gasteiger partial charge in [-0.2, -0.15) is 0 Å². The number of methoxy groups -OCH3 is 1. The maximum absolute atomic E-state index is 14.3. The van der Waals surface area contributed by atoms with Crippen molar-refractivity contribution in [3.63, 3.8) is 0 Å². The number of aryl methyl sites for hydroxylation is 1. The van der Waals surface area contributed by atoms with Crippen LogP contribution in [0.4, 0.5) is 4.39 Å². The number of nitrogens with one attached hydrogen (secondary N) is 1. The summed E-state index contributed by atoms with van der Waals surface area (Å²) in [5, 5.41) is 14.1. The molecule has 0 heterocycles. The van der Waals surface area contributed by atoms with Crippen LogP contribution in [0, 0.1) is 30.5 Å². The zero-order valence-corrected chi connectivity index (χ0v) is 19.1. The first kappa shape index (κ1) is 22.2. The minimum atomic E-state index is -0.566. The zero-order chi connectivity index (χ0) is 23.3. The van der Waals surface area contributed by atoms with Gasteiger partial charge in [-0.3, -0.25) is 9.59 Å². The molecule has 5 nitrogen and oxygen atoms in total. The molecule has 4 aliphatic carbocycles. The molecule has 2 aromatic carbocycles. The van der Waals surface area contributed by atoms with E-state index in [4.69, 9.17) is 4.74 Å². The Bertz CT molecular complexity index is 1100. The first-order chi connectivity index (χ1) is 15.8. The Labute approximate surface area is 193 Å². The van der Waals surface area contributed by atoms with Gasteiger partial charge < -0.3 is 15.2 Å². The van der Waals surface area contributed by atoms with Crippen molar-refractivity contribution >= 4 is 11.7 Å². The van der Waals surface area contributed by atoms with Gasteiger partial charge in [-0.05, 0) is 86.6 Å². The molecule has 4 aliphatic rings. The Morgan fingerprint density at radius 2 is 1.82 bits per heavy atom. The fourth-order valence-electron chi connectivity index (χ4n) is 6.65. The number of ketones is 1. The highest BCUT2D eigenvalue weighted by atomic mass is 19.1. The Hall–Kier alpha value is -2.57. The normalized spacial score (nSPS) is 29.8. The zero-order valence-electron chi connectivity index (χ0n) is 19.1. The summed E-state index contributed by atoms with van der Waals surface area (Å²) in [6, 6.07) is 9.36. The number of ether oxygens (including phenoxy) is 1. The Morgan fingerprint density at radius 1 is 1.09 bits per heavy atom. The van der Waals surface area contributed by atoms with E-state index in [0.29, 0.717) is 34.4 Å². The first-order valence-corrected chi connectivity index (χ1v) is 11.7. The molecule has 4 fully saturated rings. The van der Waals surface area contributed by atoms with Gasteiger partial charge in [0.25, 0.3) is 5.91 Å². The topological polar surface area (TPSA) is 75.6 Å². The van der Waals surface area contributed by atoms with Gasteiger partial charge in [-0.25, -0.2) is 4.39 Å². The summed E-state index contributed by atoms with van der Waals surface area (Å²) >= 11 is 0. The van der Waals surface area contributed by atoms with Crippen LogP contribution in [0.3, 0.4) is 0 Å². The summed E-state index contributed by atoms with van der Waals surface area (Å²) in [6.07, 6.45) is 4.53. The number of hydrogen-bond donors (Lipinski definition) is 2. The minimum absolute atomic E-state index is 0.0158. The number of rotatable bonds is 6. The van der Waals surface area contributed by atoms with Crippen molar-refractivity contribution in [1.29, 1.82) is 0 Å². The largest absolute Gasteiger partial charge is 0.390 e. The van der Waals surface area contributed by atoms with Crippen molar-refractivity contribution in [2.24, 2.45) is 17.8 Å². The molecular formula is C27H30FNO4. The van der Waals surface area contributed by atoms with Gasteiger partial charge in [-0.15, -0.1) is 0 Å². The number of halogens is 1. The van der Waals surface area contributed by atoms with Crippen LogP contribution >= 0.6 is 0 Å². The van der Waals surface area contributed by atoms with Crippen LogP contribution in [0.25, 0.3) is 0 Å². The Morgan fingerprint density at radius 3 is 2.48 bits per heavy atom. The maximum atomic E-state index is 14.3. The average molecular weight is 452 g/mol. The molecule has 0 radical (unpaired) electrons. The summed E-state index contributed by atoms with van der Waals surface area (Å²) < 4.78 is 19.6. The van der Waals surface area contributed by atoms with Crippen molar-refractivity contribution in [1.82, 2.24) is 5.32 Å². The van der Waals surface area contributed by atoms with Crippen molar-refractivity contribution in [3.8, 4) is 0 Å². The smallest absolute Gasteiger partial charge is 0.251 e. The lowest BCUT2D eigenvalue weighted by Gasteiger charge is -2.58. The molecule has 4 saturated carbocycles. The first-order valence-electron chi connectivity index (χ1n) is 11.7. The quantitative estimate of drug-likeness (QED) is 0.646. The third-order valence-electron chi connectivity index (χ3n) is 7.82. The van der Waals surface area contributed by atoms with E-state index in [-0.39, 0.29) is 24.1 Å². The fraction of sp³-hybridized carbons (Fsp3) is 0.481. The average Bonchev–Trinajstić information content (AvgIpc) is 2.76. The molecule has 2 unspecified atom stereocenters. The summed E-state index contributed by atoms with van der Waals surface area (Å²) in [4.78, 5) is 26.3. The maximum Gasteiger partial charge on any atom is 0.251 e. The molecule has 2 aromatic rings. The predicted molar refractivity (Wildman–Crippen MR) is 121 cm³/mol. The van der Waals surface area contributed by atoms with E-state index in [0.717, 1.165) is 37.7 Å².